The van der Waals surface area contributed by atoms with Gasteiger partial charge in [-0.05, 0) is 25.1 Å². The fraction of sp³-hybridized carbons (Fsp3) is 0.300. The minimum absolute atomic E-state index is 0.704. The Hall–Kier alpha value is -1.51. The summed E-state index contributed by atoms with van der Waals surface area (Å²) in [6, 6.07) is 6.02. The number of benzene rings is 1. The molecule has 2 rings (SSSR count). The van der Waals surface area contributed by atoms with Crippen molar-refractivity contribution in [1.82, 2.24) is 0 Å². The average Bonchev–Trinajstić information content (AvgIpc) is 2.18. The molecule has 1 aliphatic heterocycles. The van der Waals surface area contributed by atoms with Gasteiger partial charge in [-0.3, -0.25) is 4.99 Å². The molecule has 3 heteroatoms. The average molecular weight is 176 g/mol. The molecule has 1 aromatic rings. The van der Waals surface area contributed by atoms with Crippen LogP contribution < -0.4 is 10.1 Å². The molecule has 68 valence electrons. The number of anilines is 1. The first-order valence-electron chi connectivity index (χ1n) is 4.40. The highest BCUT2D eigenvalue weighted by atomic mass is 16.5. The molecule has 1 heterocycles. The van der Waals surface area contributed by atoms with Crippen LogP contribution in [0.25, 0.3) is 0 Å². The third-order valence-corrected chi connectivity index (χ3v) is 1.96. The highest BCUT2D eigenvalue weighted by molar-refractivity contribution is 5.79. The van der Waals surface area contributed by atoms with Crippen LogP contribution in [-0.4, -0.2) is 12.9 Å². The van der Waals surface area contributed by atoms with E-state index in [9.17, 15) is 0 Å². The third-order valence-electron chi connectivity index (χ3n) is 1.96. The van der Waals surface area contributed by atoms with Gasteiger partial charge in [0.05, 0.1) is 19.5 Å². The maximum absolute atomic E-state index is 5.39. The lowest BCUT2D eigenvalue weighted by Gasteiger charge is -2.13. The normalized spacial score (nSPS) is 13.3. The zero-order chi connectivity index (χ0) is 9.10. The molecule has 0 aromatic heterocycles. The Bertz CT molecular complexity index is 334. The van der Waals surface area contributed by atoms with Crippen LogP contribution in [0.15, 0.2) is 23.2 Å². The first kappa shape index (κ1) is 8.10. The van der Waals surface area contributed by atoms with E-state index in [1.165, 1.54) is 5.56 Å². The van der Waals surface area contributed by atoms with Gasteiger partial charge in [0.25, 0.3) is 0 Å². The lowest BCUT2D eigenvalue weighted by molar-refractivity contribution is 0.340. The molecule has 1 N–H and O–H groups in total. The number of hydrogen-bond acceptors (Lipinski definition) is 3. The Balaban J connectivity index is 2.27. The minimum atomic E-state index is 0.704. The van der Waals surface area contributed by atoms with Crippen LogP contribution in [-0.2, 0) is 6.54 Å². The van der Waals surface area contributed by atoms with Crippen molar-refractivity contribution >= 4 is 12.0 Å². The Morgan fingerprint density at radius 1 is 1.54 bits per heavy atom. The van der Waals surface area contributed by atoms with Crippen molar-refractivity contribution in [2.45, 2.75) is 13.5 Å². The second kappa shape index (κ2) is 3.47. The van der Waals surface area contributed by atoms with E-state index in [2.05, 4.69) is 10.3 Å². The van der Waals surface area contributed by atoms with Gasteiger partial charge in [-0.15, -0.1) is 0 Å². The molecule has 13 heavy (non-hydrogen) atoms. The monoisotopic (exact) mass is 176 g/mol. The van der Waals surface area contributed by atoms with E-state index in [1.54, 1.807) is 6.34 Å². The summed E-state index contributed by atoms with van der Waals surface area (Å²) in [5.74, 6) is 0.917. The first-order chi connectivity index (χ1) is 6.40. The Morgan fingerprint density at radius 3 is 3.31 bits per heavy atom. The predicted molar refractivity (Wildman–Crippen MR) is 53.4 cm³/mol. The van der Waals surface area contributed by atoms with Crippen LogP contribution in [0, 0.1) is 0 Å². The minimum Gasteiger partial charge on any atom is -0.494 e. The largest absolute Gasteiger partial charge is 0.494 e. The molecule has 0 radical (unpaired) electrons. The summed E-state index contributed by atoms with van der Waals surface area (Å²) in [6.45, 7) is 3.43. The third kappa shape index (κ3) is 1.64. The summed E-state index contributed by atoms with van der Waals surface area (Å²) in [7, 11) is 0. The molecule has 1 aromatic carbocycles. The summed E-state index contributed by atoms with van der Waals surface area (Å²) in [5, 5.41) is 3.08. The molecule has 0 aliphatic carbocycles. The van der Waals surface area contributed by atoms with Gasteiger partial charge in [-0.1, -0.05) is 0 Å². The Morgan fingerprint density at radius 2 is 2.46 bits per heavy atom. The lowest BCUT2D eigenvalue weighted by Crippen LogP contribution is -2.05. The van der Waals surface area contributed by atoms with Crippen molar-refractivity contribution in [3.05, 3.63) is 23.8 Å². The first-order valence-corrected chi connectivity index (χ1v) is 4.40. The predicted octanol–water partition coefficient (Wildman–Crippen LogP) is 2.04. The zero-order valence-corrected chi connectivity index (χ0v) is 7.58. The van der Waals surface area contributed by atoms with Crippen molar-refractivity contribution in [3.8, 4) is 5.75 Å². The van der Waals surface area contributed by atoms with E-state index in [0.717, 1.165) is 18.0 Å². The van der Waals surface area contributed by atoms with Crippen LogP contribution in [0.4, 0.5) is 5.69 Å². The molecule has 0 saturated heterocycles. The van der Waals surface area contributed by atoms with E-state index in [4.69, 9.17) is 4.74 Å². The lowest BCUT2D eigenvalue weighted by atomic mass is 10.1. The van der Waals surface area contributed by atoms with Gasteiger partial charge in [0, 0.05) is 11.3 Å². The van der Waals surface area contributed by atoms with Crippen LogP contribution in [0.5, 0.6) is 5.75 Å². The van der Waals surface area contributed by atoms with E-state index >= 15 is 0 Å². The standard InChI is InChI=1S/C10H12N2O/c1-2-13-9-3-4-10-8(5-9)6-11-7-12-10/h3-5,7H,2,6H2,1H3,(H,11,12). The second-order valence-electron chi connectivity index (χ2n) is 2.87. The van der Waals surface area contributed by atoms with Gasteiger partial charge in [0.15, 0.2) is 0 Å². The van der Waals surface area contributed by atoms with Gasteiger partial charge in [-0.25, -0.2) is 0 Å². The maximum atomic E-state index is 5.39. The van der Waals surface area contributed by atoms with Crippen molar-refractivity contribution in [2.24, 2.45) is 4.99 Å². The van der Waals surface area contributed by atoms with E-state index in [1.807, 2.05) is 25.1 Å². The summed E-state index contributed by atoms with van der Waals surface area (Å²) in [6.07, 6.45) is 1.72. The number of nitrogens with zero attached hydrogens (tertiary/aromatic N) is 1. The number of hydrogen-bond donors (Lipinski definition) is 1. The maximum Gasteiger partial charge on any atom is 0.119 e. The quantitative estimate of drug-likeness (QED) is 0.748. The number of nitrogens with one attached hydrogen (secondary N) is 1. The summed E-state index contributed by atoms with van der Waals surface area (Å²) >= 11 is 0. The van der Waals surface area contributed by atoms with E-state index in [0.29, 0.717) is 6.61 Å². The Labute approximate surface area is 77.4 Å². The van der Waals surface area contributed by atoms with E-state index in [-0.39, 0.29) is 0 Å². The topological polar surface area (TPSA) is 33.6 Å². The van der Waals surface area contributed by atoms with Crippen LogP contribution in [0.1, 0.15) is 12.5 Å². The summed E-state index contributed by atoms with van der Waals surface area (Å²) in [5.41, 5.74) is 2.31. The van der Waals surface area contributed by atoms with Crippen molar-refractivity contribution in [2.75, 3.05) is 11.9 Å². The molecule has 3 nitrogen and oxygen atoms in total. The van der Waals surface area contributed by atoms with Crippen LogP contribution in [0.2, 0.25) is 0 Å². The molecule has 0 unspecified atom stereocenters. The van der Waals surface area contributed by atoms with Crippen molar-refractivity contribution in [3.63, 3.8) is 0 Å². The highest BCUT2D eigenvalue weighted by Crippen LogP contribution is 2.24. The molecule has 0 spiro atoms. The van der Waals surface area contributed by atoms with Gasteiger partial charge < -0.3 is 10.1 Å². The molecule has 1 aliphatic rings. The molecule has 0 atom stereocenters. The number of ether oxygens (including phenoxy) is 1. The Kier molecular flexibility index (Phi) is 2.17. The van der Waals surface area contributed by atoms with Crippen molar-refractivity contribution in [1.29, 1.82) is 0 Å². The number of fused-ring (bicyclic) bond motifs is 1. The molecule has 0 fully saturated rings. The van der Waals surface area contributed by atoms with Gasteiger partial charge in [-0.2, -0.15) is 0 Å². The number of aliphatic imine (C=N–C) groups is 1. The second-order valence-corrected chi connectivity index (χ2v) is 2.87. The number of rotatable bonds is 2. The van der Waals surface area contributed by atoms with Gasteiger partial charge in [0.2, 0.25) is 0 Å². The van der Waals surface area contributed by atoms with Crippen LogP contribution >= 0.6 is 0 Å². The van der Waals surface area contributed by atoms with Crippen LogP contribution in [0.3, 0.4) is 0 Å². The van der Waals surface area contributed by atoms with Gasteiger partial charge in [0.1, 0.15) is 5.75 Å². The molecule has 0 amide bonds. The van der Waals surface area contributed by atoms with Gasteiger partial charge >= 0.3 is 0 Å². The molecule has 0 bridgehead atoms. The van der Waals surface area contributed by atoms with E-state index < -0.39 is 0 Å². The highest BCUT2D eigenvalue weighted by Gasteiger charge is 2.05. The zero-order valence-electron chi connectivity index (χ0n) is 7.58. The van der Waals surface area contributed by atoms with Crippen molar-refractivity contribution < 1.29 is 4.74 Å². The molecule has 0 saturated carbocycles. The summed E-state index contributed by atoms with van der Waals surface area (Å²) < 4.78 is 5.39. The summed E-state index contributed by atoms with van der Waals surface area (Å²) in [4.78, 5) is 4.13. The SMILES string of the molecule is CCOc1ccc2c(c1)CN=CN2. The molecular formula is C10H12N2O. The molecular weight excluding hydrogens is 164 g/mol. The fourth-order valence-corrected chi connectivity index (χ4v) is 1.36. The fourth-order valence-electron chi connectivity index (χ4n) is 1.36. The smallest absolute Gasteiger partial charge is 0.119 e.